The van der Waals surface area contributed by atoms with E-state index in [1.807, 2.05) is 6.92 Å². The molecule has 0 unspecified atom stereocenters. The average molecular weight is 344 g/mol. The fourth-order valence-electron chi connectivity index (χ4n) is 3.00. The first-order valence-electron chi connectivity index (χ1n) is 7.70. The lowest BCUT2D eigenvalue weighted by Gasteiger charge is -2.22. The number of rotatable bonds is 5. The summed E-state index contributed by atoms with van der Waals surface area (Å²) < 4.78 is 28.2. The number of carbonyl (C=O) groups is 2. The minimum atomic E-state index is -0.661. The van der Waals surface area contributed by atoms with Gasteiger partial charge in [-0.15, -0.1) is 0 Å². The van der Waals surface area contributed by atoms with E-state index in [0.717, 1.165) is 5.56 Å². The fraction of sp³-hybridized carbons (Fsp3) is 0.263. The maximum absolute atomic E-state index is 13.0. The van der Waals surface area contributed by atoms with Gasteiger partial charge in [0, 0.05) is 17.2 Å². The normalized spacial score (nSPS) is 12.5. The molecule has 5 nitrogen and oxygen atoms in total. The summed E-state index contributed by atoms with van der Waals surface area (Å²) in [5.74, 6) is 0.153. The van der Waals surface area contributed by atoms with Crippen molar-refractivity contribution in [2.45, 2.75) is 6.92 Å². The number of aryl methyl sites for hydroxylation is 1. The number of benzene rings is 2. The molecule has 130 valence electrons. The van der Waals surface area contributed by atoms with Crippen molar-refractivity contribution in [2.24, 2.45) is 0 Å². The molecule has 0 bridgehead atoms. The van der Waals surface area contributed by atoms with Crippen LogP contribution in [0, 0.1) is 6.92 Å². The molecule has 1 aliphatic carbocycles. The number of alkyl halides is 1. The third-order valence-corrected chi connectivity index (χ3v) is 4.05. The van der Waals surface area contributed by atoms with E-state index in [-0.39, 0.29) is 51.9 Å². The van der Waals surface area contributed by atoms with Crippen LogP contribution in [0.3, 0.4) is 0 Å². The molecule has 6 heteroatoms. The molecule has 3 rings (SSSR count). The SMILES string of the molecule is COc1cc(C)cc2c1C(=O)c1c(OC)cc(OCCF)cc1C2=O. The van der Waals surface area contributed by atoms with Gasteiger partial charge in [0.25, 0.3) is 0 Å². The van der Waals surface area contributed by atoms with E-state index in [9.17, 15) is 14.0 Å². The maximum Gasteiger partial charge on any atom is 0.201 e. The van der Waals surface area contributed by atoms with Gasteiger partial charge in [-0.2, -0.15) is 0 Å². The molecule has 0 amide bonds. The Morgan fingerprint density at radius 1 is 0.880 bits per heavy atom. The summed E-state index contributed by atoms with van der Waals surface area (Å²) in [6.45, 7) is 1.01. The van der Waals surface area contributed by atoms with E-state index in [1.54, 1.807) is 12.1 Å². The van der Waals surface area contributed by atoms with E-state index in [4.69, 9.17) is 14.2 Å². The number of hydrogen-bond donors (Lipinski definition) is 0. The predicted octanol–water partition coefficient (Wildman–Crippen LogP) is 3.14. The quantitative estimate of drug-likeness (QED) is 0.712. The van der Waals surface area contributed by atoms with Gasteiger partial charge in [0.2, 0.25) is 5.78 Å². The van der Waals surface area contributed by atoms with Crippen LogP contribution in [0.1, 0.15) is 37.4 Å². The highest BCUT2D eigenvalue weighted by Crippen LogP contribution is 2.40. The zero-order valence-electron chi connectivity index (χ0n) is 14.1. The molecule has 0 fully saturated rings. The molecule has 1 aliphatic rings. The highest BCUT2D eigenvalue weighted by molar-refractivity contribution is 6.30. The maximum atomic E-state index is 13.0. The Morgan fingerprint density at radius 3 is 2.08 bits per heavy atom. The van der Waals surface area contributed by atoms with E-state index < -0.39 is 6.67 Å². The van der Waals surface area contributed by atoms with Gasteiger partial charge in [0.05, 0.1) is 25.3 Å². The van der Waals surface area contributed by atoms with Gasteiger partial charge in [-0.25, -0.2) is 4.39 Å². The third kappa shape index (κ3) is 2.73. The predicted molar refractivity (Wildman–Crippen MR) is 89.1 cm³/mol. The molecule has 0 heterocycles. The molecule has 25 heavy (non-hydrogen) atoms. The zero-order chi connectivity index (χ0) is 18.1. The Morgan fingerprint density at radius 2 is 1.48 bits per heavy atom. The van der Waals surface area contributed by atoms with E-state index in [2.05, 4.69) is 0 Å². The molecule has 2 aromatic carbocycles. The first-order chi connectivity index (χ1) is 12.0. The molecule has 0 radical (unpaired) electrons. The van der Waals surface area contributed by atoms with Crippen LogP contribution in [0.2, 0.25) is 0 Å². The number of halogens is 1. The molecule has 0 atom stereocenters. The van der Waals surface area contributed by atoms with Crippen molar-refractivity contribution < 1.29 is 28.2 Å². The Labute approximate surface area is 144 Å². The molecule has 0 saturated heterocycles. The first-order valence-corrected chi connectivity index (χ1v) is 7.70. The van der Waals surface area contributed by atoms with Gasteiger partial charge in [-0.1, -0.05) is 0 Å². The van der Waals surface area contributed by atoms with Crippen LogP contribution in [0.5, 0.6) is 17.2 Å². The summed E-state index contributed by atoms with van der Waals surface area (Å²) >= 11 is 0. The highest BCUT2D eigenvalue weighted by Gasteiger charge is 2.35. The number of hydrogen-bond acceptors (Lipinski definition) is 5. The molecule has 0 saturated carbocycles. The van der Waals surface area contributed by atoms with E-state index in [0.29, 0.717) is 5.75 Å². The molecule has 0 spiro atoms. The molecule has 0 aromatic heterocycles. The summed E-state index contributed by atoms with van der Waals surface area (Å²) in [5.41, 5.74) is 1.64. The first kappa shape index (κ1) is 17.0. The van der Waals surface area contributed by atoms with Gasteiger partial charge in [0.15, 0.2) is 5.78 Å². The van der Waals surface area contributed by atoms with Gasteiger partial charge >= 0.3 is 0 Å². The van der Waals surface area contributed by atoms with E-state index in [1.165, 1.54) is 26.4 Å². The Hall–Kier alpha value is -2.89. The van der Waals surface area contributed by atoms with Gasteiger partial charge < -0.3 is 14.2 Å². The molecule has 0 N–H and O–H groups in total. The van der Waals surface area contributed by atoms with Crippen molar-refractivity contribution >= 4 is 11.6 Å². The van der Waals surface area contributed by atoms with Crippen LogP contribution in [-0.4, -0.2) is 39.1 Å². The molecular formula is C19H17FO5. The number of ketones is 2. The lowest BCUT2D eigenvalue weighted by atomic mass is 9.82. The van der Waals surface area contributed by atoms with Crippen LogP contribution in [0.4, 0.5) is 4.39 Å². The summed E-state index contributed by atoms with van der Waals surface area (Å²) in [7, 11) is 2.85. The van der Waals surface area contributed by atoms with Crippen molar-refractivity contribution in [3.63, 3.8) is 0 Å². The molecular weight excluding hydrogens is 327 g/mol. The molecule has 2 aromatic rings. The van der Waals surface area contributed by atoms with Crippen molar-refractivity contribution in [2.75, 3.05) is 27.5 Å². The van der Waals surface area contributed by atoms with Crippen LogP contribution < -0.4 is 14.2 Å². The minimum absolute atomic E-state index is 0.145. The lowest BCUT2D eigenvalue weighted by Crippen LogP contribution is -2.23. The van der Waals surface area contributed by atoms with Crippen LogP contribution in [-0.2, 0) is 0 Å². The van der Waals surface area contributed by atoms with Gasteiger partial charge in [0.1, 0.15) is 30.5 Å². The topological polar surface area (TPSA) is 61.8 Å². The third-order valence-electron chi connectivity index (χ3n) is 4.05. The summed E-state index contributed by atoms with van der Waals surface area (Å²) in [6.07, 6.45) is 0. The Bertz CT molecular complexity index is 873. The van der Waals surface area contributed by atoms with E-state index >= 15 is 0 Å². The lowest BCUT2D eigenvalue weighted by molar-refractivity contribution is 0.0973. The number of ether oxygens (including phenoxy) is 3. The zero-order valence-corrected chi connectivity index (χ0v) is 14.1. The number of carbonyl (C=O) groups excluding carboxylic acids is 2. The minimum Gasteiger partial charge on any atom is -0.496 e. The fourth-order valence-corrected chi connectivity index (χ4v) is 3.00. The standard InChI is InChI=1S/C19H17FO5/c1-10-6-12-16(14(7-10)23-2)19(22)17-13(18(12)21)8-11(25-5-4-20)9-15(17)24-3/h6-9H,4-5H2,1-3H3. The highest BCUT2D eigenvalue weighted by atomic mass is 19.1. The van der Waals surface area contributed by atoms with Gasteiger partial charge in [-0.3, -0.25) is 9.59 Å². The van der Waals surface area contributed by atoms with Crippen molar-refractivity contribution in [3.8, 4) is 17.2 Å². The monoisotopic (exact) mass is 344 g/mol. The van der Waals surface area contributed by atoms with Gasteiger partial charge in [-0.05, 0) is 30.7 Å². The number of fused-ring (bicyclic) bond motifs is 2. The van der Waals surface area contributed by atoms with Crippen molar-refractivity contribution in [3.05, 3.63) is 52.1 Å². The van der Waals surface area contributed by atoms with Crippen LogP contribution in [0.25, 0.3) is 0 Å². The Kier molecular flexibility index (Phi) is 4.44. The van der Waals surface area contributed by atoms with Crippen LogP contribution in [0.15, 0.2) is 24.3 Å². The van der Waals surface area contributed by atoms with Crippen molar-refractivity contribution in [1.82, 2.24) is 0 Å². The van der Waals surface area contributed by atoms with Crippen LogP contribution >= 0.6 is 0 Å². The Balaban J connectivity index is 2.24. The number of methoxy groups -OCH3 is 2. The summed E-state index contributed by atoms with van der Waals surface area (Å²) in [6, 6.07) is 6.29. The summed E-state index contributed by atoms with van der Waals surface area (Å²) in [4.78, 5) is 26.0. The second-order valence-electron chi connectivity index (χ2n) is 5.63. The largest absolute Gasteiger partial charge is 0.496 e. The second kappa shape index (κ2) is 6.55. The second-order valence-corrected chi connectivity index (χ2v) is 5.63. The average Bonchev–Trinajstić information content (AvgIpc) is 2.62. The smallest absolute Gasteiger partial charge is 0.201 e. The summed E-state index contributed by atoms with van der Waals surface area (Å²) in [5, 5.41) is 0. The van der Waals surface area contributed by atoms with Crippen molar-refractivity contribution in [1.29, 1.82) is 0 Å². The molecule has 0 aliphatic heterocycles.